The average Bonchev–Trinajstić information content (AvgIpc) is 2.89. The van der Waals surface area contributed by atoms with Crippen molar-refractivity contribution in [2.45, 2.75) is 33.3 Å². The summed E-state index contributed by atoms with van der Waals surface area (Å²) in [5.41, 5.74) is 1.74. The van der Waals surface area contributed by atoms with E-state index in [0.29, 0.717) is 21.6 Å². The fourth-order valence-electron chi connectivity index (χ4n) is 2.49. The van der Waals surface area contributed by atoms with Gasteiger partial charge in [0.15, 0.2) is 5.96 Å². The maximum atomic E-state index is 10.3. The summed E-state index contributed by atoms with van der Waals surface area (Å²) in [5.74, 6) is 0.665. The van der Waals surface area contributed by atoms with Crippen molar-refractivity contribution >= 4 is 40.5 Å². The second-order valence-corrected chi connectivity index (χ2v) is 8.02. The zero-order valence-corrected chi connectivity index (χ0v) is 17.5. The molecule has 0 bridgehead atoms. The number of hydrogen-bond acceptors (Lipinski definition) is 4. The van der Waals surface area contributed by atoms with Gasteiger partial charge in [-0.05, 0) is 44.5 Å². The van der Waals surface area contributed by atoms with Crippen molar-refractivity contribution in [3.63, 3.8) is 0 Å². The Labute approximate surface area is 168 Å². The normalized spacial score (nSPS) is 12.9. The second kappa shape index (κ2) is 10.1. The fraction of sp³-hybridized carbons (Fsp3) is 0.444. The van der Waals surface area contributed by atoms with Crippen molar-refractivity contribution in [2.24, 2.45) is 4.99 Å². The Kier molecular flexibility index (Phi) is 8.15. The lowest BCUT2D eigenvalue weighted by Crippen LogP contribution is -2.38. The van der Waals surface area contributed by atoms with Crippen molar-refractivity contribution in [2.75, 3.05) is 19.6 Å². The number of halogens is 2. The van der Waals surface area contributed by atoms with E-state index in [2.05, 4.69) is 20.6 Å². The van der Waals surface area contributed by atoms with Crippen molar-refractivity contribution in [3.05, 3.63) is 49.4 Å². The molecule has 2 rings (SSSR count). The first-order valence-corrected chi connectivity index (χ1v) is 10.1. The number of aliphatic imine (C=N–C) groups is 1. The number of benzene rings is 1. The van der Waals surface area contributed by atoms with Gasteiger partial charge in [-0.15, -0.1) is 11.3 Å². The Hall–Kier alpha value is -1.34. The first-order valence-electron chi connectivity index (χ1n) is 8.48. The van der Waals surface area contributed by atoms with E-state index in [-0.39, 0.29) is 6.54 Å². The number of rotatable bonds is 7. The van der Waals surface area contributed by atoms with Gasteiger partial charge in [0, 0.05) is 34.4 Å². The Morgan fingerprint density at radius 1 is 1.23 bits per heavy atom. The molecule has 26 heavy (non-hydrogen) atoms. The standard InChI is InChI=1S/C18H24Cl2N4OS/c1-4-21-18(22-6-5-17-11(2)24-12(3)26-17)23-10-16(25)13-7-14(19)9-15(20)8-13/h7-9,16,25H,4-6,10H2,1-3H3,(H2,21,22,23). The summed E-state index contributed by atoms with van der Waals surface area (Å²) in [6, 6.07) is 5.03. The minimum atomic E-state index is -0.770. The van der Waals surface area contributed by atoms with Gasteiger partial charge in [0.1, 0.15) is 0 Å². The maximum absolute atomic E-state index is 10.3. The van der Waals surface area contributed by atoms with Crippen LogP contribution in [0.2, 0.25) is 10.0 Å². The van der Waals surface area contributed by atoms with Crippen molar-refractivity contribution in [1.82, 2.24) is 15.6 Å². The zero-order valence-electron chi connectivity index (χ0n) is 15.1. The van der Waals surface area contributed by atoms with E-state index in [0.717, 1.165) is 30.2 Å². The number of nitrogens with zero attached hydrogens (tertiary/aromatic N) is 2. The number of guanidine groups is 1. The monoisotopic (exact) mass is 414 g/mol. The number of aliphatic hydroxyl groups excluding tert-OH is 1. The Bertz CT molecular complexity index is 743. The maximum Gasteiger partial charge on any atom is 0.191 e. The Balaban J connectivity index is 1.93. The molecule has 1 heterocycles. The molecule has 0 aliphatic heterocycles. The van der Waals surface area contributed by atoms with Crippen LogP contribution in [0.1, 0.15) is 34.2 Å². The van der Waals surface area contributed by atoms with E-state index < -0.39 is 6.10 Å². The molecule has 1 aromatic heterocycles. The number of aryl methyl sites for hydroxylation is 2. The molecular weight excluding hydrogens is 391 g/mol. The SMILES string of the molecule is CCNC(=NCC(O)c1cc(Cl)cc(Cl)c1)NCCc1sc(C)nc1C. The first-order chi connectivity index (χ1) is 12.4. The summed E-state index contributed by atoms with van der Waals surface area (Å²) < 4.78 is 0. The second-order valence-electron chi connectivity index (χ2n) is 5.86. The molecular formula is C18H24Cl2N4OS. The van der Waals surface area contributed by atoms with Gasteiger partial charge >= 0.3 is 0 Å². The minimum absolute atomic E-state index is 0.213. The number of nitrogens with one attached hydrogen (secondary N) is 2. The van der Waals surface area contributed by atoms with Crippen LogP contribution in [0.3, 0.4) is 0 Å². The topological polar surface area (TPSA) is 69.5 Å². The van der Waals surface area contributed by atoms with Crippen molar-refractivity contribution in [1.29, 1.82) is 0 Å². The van der Waals surface area contributed by atoms with Gasteiger partial charge in [-0.25, -0.2) is 4.98 Å². The van der Waals surface area contributed by atoms with E-state index in [9.17, 15) is 5.11 Å². The van der Waals surface area contributed by atoms with Crippen LogP contribution < -0.4 is 10.6 Å². The molecule has 5 nitrogen and oxygen atoms in total. The molecule has 0 spiro atoms. The number of aliphatic hydroxyl groups is 1. The third kappa shape index (κ3) is 6.43. The van der Waals surface area contributed by atoms with Crippen molar-refractivity contribution < 1.29 is 5.11 Å². The number of aromatic nitrogens is 1. The van der Waals surface area contributed by atoms with E-state index in [1.165, 1.54) is 4.88 Å². The van der Waals surface area contributed by atoms with Crippen LogP contribution in [0.25, 0.3) is 0 Å². The molecule has 0 fully saturated rings. The third-order valence-electron chi connectivity index (χ3n) is 3.68. The average molecular weight is 415 g/mol. The number of hydrogen-bond donors (Lipinski definition) is 3. The highest BCUT2D eigenvalue weighted by atomic mass is 35.5. The predicted molar refractivity (Wildman–Crippen MR) is 111 cm³/mol. The molecule has 0 radical (unpaired) electrons. The fourth-order valence-corrected chi connectivity index (χ4v) is 3.97. The van der Waals surface area contributed by atoms with Gasteiger partial charge in [-0.2, -0.15) is 0 Å². The molecule has 0 aliphatic carbocycles. The van der Waals surface area contributed by atoms with Crippen LogP contribution in [0.15, 0.2) is 23.2 Å². The van der Waals surface area contributed by atoms with E-state index in [1.54, 1.807) is 29.5 Å². The molecule has 142 valence electrons. The Morgan fingerprint density at radius 2 is 1.92 bits per heavy atom. The molecule has 0 saturated heterocycles. The van der Waals surface area contributed by atoms with E-state index >= 15 is 0 Å². The summed E-state index contributed by atoms with van der Waals surface area (Å²) in [4.78, 5) is 10.2. The molecule has 1 unspecified atom stereocenters. The van der Waals surface area contributed by atoms with Crippen LogP contribution in [-0.2, 0) is 6.42 Å². The molecule has 3 N–H and O–H groups in total. The lowest BCUT2D eigenvalue weighted by atomic mass is 10.1. The highest BCUT2D eigenvalue weighted by molar-refractivity contribution is 7.11. The smallest absolute Gasteiger partial charge is 0.191 e. The van der Waals surface area contributed by atoms with Gasteiger partial charge in [-0.1, -0.05) is 23.2 Å². The van der Waals surface area contributed by atoms with Gasteiger partial charge < -0.3 is 15.7 Å². The molecule has 8 heteroatoms. The largest absolute Gasteiger partial charge is 0.386 e. The van der Waals surface area contributed by atoms with E-state index in [4.69, 9.17) is 23.2 Å². The summed E-state index contributed by atoms with van der Waals surface area (Å²) >= 11 is 13.7. The molecule has 1 atom stereocenters. The van der Waals surface area contributed by atoms with Crippen LogP contribution in [0.4, 0.5) is 0 Å². The highest BCUT2D eigenvalue weighted by Crippen LogP contribution is 2.23. The van der Waals surface area contributed by atoms with Gasteiger partial charge in [0.05, 0.1) is 23.4 Å². The highest BCUT2D eigenvalue weighted by Gasteiger charge is 2.10. The van der Waals surface area contributed by atoms with Crippen LogP contribution >= 0.6 is 34.5 Å². The molecule has 1 aromatic carbocycles. The Morgan fingerprint density at radius 3 is 2.50 bits per heavy atom. The summed E-state index contributed by atoms with van der Waals surface area (Å²) in [6.07, 6.45) is 0.113. The minimum Gasteiger partial charge on any atom is -0.386 e. The molecule has 2 aromatic rings. The molecule has 0 aliphatic rings. The van der Waals surface area contributed by atoms with Gasteiger partial charge in [-0.3, -0.25) is 4.99 Å². The zero-order chi connectivity index (χ0) is 19.1. The van der Waals surface area contributed by atoms with E-state index in [1.807, 2.05) is 20.8 Å². The predicted octanol–water partition coefficient (Wildman–Crippen LogP) is 3.90. The number of thiazole rings is 1. The summed E-state index contributed by atoms with van der Waals surface area (Å²) in [6.45, 7) is 7.75. The molecule has 0 saturated carbocycles. The van der Waals surface area contributed by atoms with Crippen LogP contribution in [0.5, 0.6) is 0 Å². The van der Waals surface area contributed by atoms with Gasteiger partial charge in [0.25, 0.3) is 0 Å². The van der Waals surface area contributed by atoms with Gasteiger partial charge in [0.2, 0.25) is 0 Å². The molecule has 0 amide bonds. The quantitative estimate of drug-likeness (QED) is 0.474. The summed E-state index contributed by atoms with van der Waals surface area (Å²) in [5, 5.41) is 18.9. The summed E-state index contributed by atoms with van der Waals surface area (Å²) in [7, 11) is 0. The lowest BCUT2D eigenvalue weighted by molar-refractivity contribution is 0.187. The van der Waals surface area contributed by atoms with Crippen molar-refractivity contribution in [3.8, 4) is 0 Å². The first kappa shape index (κ1) is 21.0. The van der Waals surface area contributed by atoms with Crippen LogP contribution in [0, 0.1) is 13.8 Å². The third-order valence-corrected chi connectivity index (χ3v) is 5.25. The lowest BCUT2D eigenvalue weighted by Gasteiger charge is -2.13. The van der Waals surface area contributed by atoms with Crippen LogP contribution in [-0.4, -0.2) is 35.7 Å².